The van der Waals surface area contributed by atoms with Crippen molar-refractivity contribution < 1.29 is 14.3 Å². The lowest BCUT2D eigenvalue weighted by molar-refractivity contribution is 0.173. The molecule has 2 amide bonds. The molecule has 1 fully saturated rings. The van der Waals surface area contributed by atoms with E-state index >= 15 is 0 Å². The van der Waals surface area contributed by atoms with Gasteiger partial charge in [0.1, 0.15) is 5.54 Å². The van der Waals surface area contributed by atoms with Gasteiger partial charge in [0.25, 0.3) is 0 Å². The minimum Gasteiger partial charge on any atom is -0.454 e. The average molecular weight is 358 g/mol. The van der Waals surface area contributed by atoms with Gasteiger partial charge < -0.3 is 20.1 Å². The molecule has 9 heteroatoms. The zero-order valence-electron chi connectivity index (χ0n) is 14.9. The number of ether oxygens (including phenoxy) is 2. The minimum atomic E-state index is -0.605. The van der Waals surface area contributed by atoms with Crippen molar-refractivity contribution in [1.82, 2.24) is 30.8 Å². The van der Waals surface area contributed by atoms with Crippen LogP contribution in [0, 0.1) is 5.92 Å². The predicted octanol–water partition coefficient (Wildman–Crippen LogP) is 1.73. The van der Waals surface area contributed by atoms with Crippen LogP contribution in [0.3, 0.4) is 0 Å². The summed E-state index contributed by atoms with van der Waals surface area (Å²) in [5.74, 6) is 2.61. The third kappa shape index (κ3) is 2.83. The molecule has 4 rings (SSSR count). The molecule has 9 nitrogen and oxygen atoms in total. The number of rotatable bonds is 3. The van der Waals surface area contributed by atoms with Crippen molar-refractivity contribution in [2.24, 2.45) is 5.92 Å². The van der Waals surface area contributed by atoms with E-state index < -0.39 is 5.54 Å². The molecule has 0 saturated heterocycles. The molecule has 1 aliphatic heterocycles. The van der Waals surface area contributed by atoms with Crippen LogP contribution in [0.2, 0.25) is 0 Å². The molecule has 1 aromatic carbocycles. The van der Waals surface area contributed by atoms with Gasteiger partial charge in [-0.3, -0.25) is 0 Å². The summed E-state index contributed by atoms with van der Waals surface area (Å²) >= 11 is 0. The van der Waals surface area contributed by atoms with Crippen molar-refractivity contribution in [3.8, 4) is 17.2 Å². The zero-order valence-corrected chi connectivity index (χ0v) is 14.9. The Kier molecular flexibility index (Phi) is 4.14. The van der Waals surface area contributed by atoms with Gasteiger partial charge >= 0.3 is 6.03 Å². The van der Waals surface area contributed by atoms with Gasteiger partial charge in [-0.15, -0.1) is 5.10 Å². The number of fused-ring (bicyclic) bond motifs is 1. The monoisotopic (exact) mass is 358 g/mol. The normalized spacial score (nSPS) is 24.3. The van der Waals surface area contributed by atoms with Crippen LogP contribution in [0.5, 0.6) is 11.5 Å². The SMILES string of the molecule is CNC(=O)NC1(c2nnnn2-c2ccc3c(c2)OCO3)CCC(C)CC1. The Hall–Kier alpha value is -2.84. The van der Waals surface area contributed by atoms with E-state index in [4.69, 9.17) is 9.47 Å². The number of benzene rings is 1. The number of nitrogens with one attached hydrogen (secondary N) is 2. The Morgan fingerprint density at radius 2 is 2.04 bits per heavy atom. The van der Waals surface area contributed by atoms with Crippen molar-refractivity contribution in [3.63, 3.8) is 0 Å². The maximum absolute atomic E-state index is 12.1. The molecule has 138 valence electrons. The van der Waals surface area contributed by atoms with Crippen molar-refractivity contribution in [2.45, 2.75) is 38.1 Å². The lowest BCUT2D eigenvalue weighted by Gasteiger charge is -2.38. The Balaban J connectivity index is 1.74. The Bertz CT molecular complexity index is 813. The molecule has 2 aromatic rings. The maximum Gasteiger partial charge on any atom is 0.315 e. The van der Waals surface area contributed by atoms with Crippen LogP contribution in [0.15, 0.2) is 18.2 Å². The number of hydrogen-bond acceptors (Lipinski definition) is 6. The fourth-order valence-corrected chi connectivity index (χ4v) is 3.62. The van der Waals surface area contributed by atoms with Gasteiger partial charge in [-0.05, 0) is 54.2 Å². The maximum atomic E-state index is 12.1. The van der Waals surface area contributed by atoms with Gasteiger partial charge in [0, 0.05) is 13.1 Å². The number of carbonyl (C=O) groups is 1. The summed E-state index contributed by atoms with van der Waals surface area (Å²) < 4.78 is 12.5. The third-order valence-electron chi connectivity index (χ3n) is 5.21. The lowest BCUT2D eigenvalue weighted by atomic mass is 9.76. The summed E-state index contributed by atoms with van der Waals surface area (Å²) in [7, 11) is 1.61. The van der Waals surface area contributed by atoms with Crippen LogP contribution < -0.4 is 20.1 Å². The molecule has 26 heavy (non-hydrogen) atoms. The number of amides is 2. The molecule has 2 aliphatic rings. The average Bonchev–Trinajstić information content (AvgIpc) is 3.32. The number of nitrogens with zero attached hydrogens (tertiary/aromatic N) is 4. The summed E-state index contributed by atoms with van der Waals surface area (Å²) in [6.45, 7) is 2.44. The van der Waals surface area contributed by atoms with E-state index in [2.05, 4.69) is 33.1 Å². The lowest BCUT2D eigenvalue weighted by Crippen LogP contribution is -2.52. The first-order valence-electron chi connectivity index (χ1n) is 8.80. The summed E-state index contributed by atoms with van der Waals surface area (Å²) in [5, 5.41) is 18.1. The second kappa shape index (κ2) is 6.47. The van der Waals surface area contributed by atoms with Crippen LogP contribution in [-0.4, -0.2) is 40.1 Å². The van der Waals surface area contributed by atoms with Crippen LogP contribution in [0.4, 0.5) is 4.79 Å². The van der Waals surface area contributed by atoms with Crippen LogP contribution >= 0.6 is 0 Å². The second-order valence-corrected chi connectivity index (χ2v) is 6.92. The summed E-state index contributed by atoms with van der Waals surface area (Å²) in [6.07, 6.45) is 3.56. The highest BCUT2D eigenvalue weighted by atomic mass is 16.7. The van der Waals surface area contributed by atoms with Gasteiger partial charge in [-0.2, -0.15) is 4.68 Å². The van der Waals surface area contributed by atoms with Gasteiger partial charge in [-0.1, -0.05) is 6.92 Å². The largest absolute Gasteiger partial charge is 0.454 e. The minimum absolute atomic E-state index is 0.210. The van der Waals surface area contributed by atoms with Crippen LogP contribution in [0.1, 0.15) is 38.4 Å². The first kappa shape index (κ1) is 16.6. The van der Waals surface area contributed by atoms with Crippen LogP contribution in [-0.2, 0) is 5.54 Å². The van der Waals surface area contributed by atoms with Gasteiger partial charge in [-0.25, -0.2) is 4.79 Å². The van der Waals surface area contributed by atoms with E-state index in [0.717, 1.165) is 31.4 Å². The summed E-state index contributed by atoms with van der Waals surface area (Å²) in [5.41, 5.74) is 0.165. The number of aromatic nitrogens is 4. The van der Waals surface area contributed by atoms with Crippen LogP contribution in [0.25, 0.3) is 5.69 Å². The Morgan fingerprint density at radius 1 is 1.27 bits per heavy atom. The topological polar surface area (TPSA) is 103 Å². The van der Waals surface area contributed by atoms with Gasteiger partial charge in [0.15, 0.2) is 17.3 Å². The van der Waals surface area contributed by atoms with Crippen molar-refractivity contribution in [2.75, 3.05) is 13.8 Å². The quantitative estimate of drug-likeness (QED) is 0.866. The molecule has 0 spiro atoms. The Morgan fingerprint density at radius 3 is 2.81 bits per heavy atom. The van der Waals surface area contributed by atoms with E-state index in [1.54, 1.807) is 11.7 Å². The molecule has 1 saturated carbocycles. The standard InChI is InChI=1S/C17H22N6O3/c1-11-5-7-17(8-6-11,19-16(24)18-2)15-20-21-22-23(15)12-3-4-13-14(9-12)26-10-25-13/h3-4,9,11H,5-8,10H2,1-2H3,(H2,18,19,24). The summed E-state index contributed by atoms with van der Waals surface area (Å²) in [4.78, 5) is 12.1. The first-order valence-corrected chi connectivity index (χ1v) is 8.80. The van der Waals surface area contributed by atoms with E-state index in [0.29, 0.717) is 23.2 Å². The highest BCUT2D eigenvalue weighted by Gasteiger charge is 2.42. The van der Waals surface area contributed by atoms with E-state index in [1.807, 2.05) is 18.2 Å². The molecule has 2 N–H and O–H groups in total. The van der Waals surface area contributed by atoms with Gasteiger partial charge in [0.2, 0.25) is 6.79 Å². The Labute approximate surface area is 151 Å². The summed E-state index contributed by atoms with van der Waals surface area (Å²) in [6, 6.07) is 5.33. The molecule has 0 radical (unpaired) electrons. The second-order valence-electron chi connectivity index (χ2n) is 6.92. The third-order valence-corrected chi connectivity index (χ3v) is 5.21. The molecule has 0 atom stereocenters. The number of hydrogen-bond donors (Lipinski definition) is 2. The molecule has 1 aromatic heterocycles. The smallest absolute Gasteiger partial charge is 0.315 e. The molecule has 2 heterocycles. The van der Waals surface area contributed by atoms with Gasteiger partial charge in [0.05, 0.1) is 5.69 Å². The molecular weight excluding hydrogens is 336 g/mol. The van der Waals surface area contributed by atoms with E-state index in [9.17, 15) is 4.79 Å². The molecular formula is C17H22N6O3. The van der Waals surface area contributed by atoms with Crippen molar-refractivity contribution in [1.29, 1.82) is 0 Å². The number of tetrazole rings is 1. The fourth-order valence-electron chi connectivity index (χ4n) is 3.62. The number of carbonyl (C=O) groups excluding carboxylic acids is 1. The zero-order chi connectivity index (χ0) is 18.1. The highest BCUT2D eigenvalue weighted by molar-refractivity contribution is 5.74. The molecule has 0 bridgehead atoms. The van der Waals surface area contributed by atoms with Crippen molar-refractivity contribution >= 4 is 6.03 Å². The first-order chi connectivity index (χ1) is 12.6. The fraction of sp³-hybridized carbons (Fsp3) is 0.529. The van der Waals surface area contributed by atoms with E-state index in [-0.39, 0.29) is 12.8 Å². The molecule has 0 unspecified atom stereocenters. The highest BCUT2D eigenvalue weighted by Crippen LogP contribution is 2.40. The predicted molar refractivity (Wildman–Crippen MR) is 92.2 cm³/mol. The number of urea groups is 1. The van der Waals surface area contributed by atoms with E-state index in [1.165, 1.54) is 0 Å². The van der Waals surface area contributed by atoms with Crippen molar-refractivity contribution in [3.05, 3.63) is 24.0 Å². The molecule has 1 aliphatic carbocycles.